The van der Waals surface area contributed by atoms with E-state index in [1.807, 2.05) is 6.07 Å². The summed E-state index contributed by atoms with van der Waals surface area (Å²) in [4.78, 5) is 15.3. The van der Waals surface area contributed by atoms with E-state index in [1.165, 1.54) is 18.3 Å². The number of carbonyl (C=O) groups is 1. The first-order valence-corrected chi connectivity index (χ1v) is 8.62. The number of rotatable bonds is 7. The number of halogens is 2. The molecule has 25 heavy (non-hydrogen) atoms. The van der Waals surface area contributed by atoms with Crippen LogP contribution < -0.4 is 15.8 Å². The Kier molecular flexibility index (Phi) is 5.37. The van der Waals surface area contributed by atoms with Gasteiger partial charge in [-0.25, -0.2) is 9.37 Å². The van der Waals surface area contributed by atoms with Crippen LogP contribution in [0.4, 0.5) is 10.1 Å². The molecular formula is C17H15FIN3O3. The largest absolute Gasteiger partial charge is 0.477 e. The second-order valence-corrected chi connectivity index (χ2v) is 6.50. The van der Waals surface area contributed by atoms with Crippen LogP contribution in [0.1, 0.15) is 17.0 Å². The van der Waals surface area contributed by atoms with E-state index < -0.39 is 5.91 Å². The first kappa shape index (κ1) is 17.5. The van der Waals surface area contributed by atoms with Crippen LogP contribution in [-0.4, -0.2) is 24.0 Å². The smallest absolute Gasteiger partial charge is 0.284 e. The van der Waals surface area contributed by atoms with Crippen LogP contribution in [0.15, 0.2) is 40.9 Å². The number of nitrogens with zero attached hydrogens (tertiary/aromatic N) is 1. The van der Waals surface area contributed by atoms with Gasteiger partial charge in [-0.15, -0.1) is 0 Å². The Balaban J connectivity index is 1.55. The highest BCUT2D eigenvalue weighted by Crippen LogP contribution is 2.26. The summed E-state index contributed by atoms with van der Waals surface area (Å²) in [6.45, 7) is 0.924. The Morgan fingerprint density at radius 1 is 1.36 bits per heavy atom. The standard InChI is InChI=1S/C17H15FIN3O3/c18-12-8-10(19)2-3-13(12)21-5-1-7-24-17-11-9-15(16(20)23)25-14(11)4-6-22-17/h2-4,6,8-9,21H,1,5,7H2,(H2,20,23). The lowest BCUT2D eigenvalue weighted by Gasteiger charge is -2.09. The van der Waals surface area contributed by atoms with Crippen LogP contribution in [0.2, 0.25) is 0 Å². The fraction of sp³-hybridized carbons (Fsp3) is 0.176. The van der Waals surface area contributed by atoms with Crippen molar-refractivity contribution in [1.82, 2.24) is 4.98 Å². The molecule has 1 amide bonds. The van der Waals surface area contributed by atoms with Crippen molar-refractivity contribution in [3.8, 4) is 5.88 Å². The quantitative estimate of drug-likeness (QED) is 0.420. The van der Waals surface area contributed by atoms with E-state index in [0.717, 1.165) is 3.57 Å². The van der Waals surface area contributed by atoms with Crippen molar-refractivity contribution in [3.63, 3.8) is 0 Å². The second-order valence-electron chi connectivity index (χ2n) is 5.26. The van der Waals surface area contributed by atoms with Crippen LogP contribution in [0.25, 0.3) is 11.0 Å². The third kappa shape index (κ3) is 4.19. The van der Waals surface area contributed by atoms with Crippen LogP contribution in [0.5, 0.6) is 5.88 Å². The normalized spacial score (nSPS) is 10.8. The Morgan fingerprint density at radius 3 is 2.96 bits per heavy atom. The van der Waals surface area contributed by atoms with Crippen molar-refractivity contribution in [1.29, 1.82) is 0 Å². The van der Waals surface area contributed by atoms with Crippen molar-refractivity contribution in [3.05, 3.63) is 51.7 Å². The highest BCUT2D eigenvalue weighted by atomic mass is 127. The molecule has 1 aromatic carbocycles. The van der Waals surface area contributed by atoms with E-state index in [4.69, 9.17) is 14.9 Å². The maximum Gasteiger partial charge on any atom is 0.284 e. The summed E-state index contributed by atoms with van der Waals surface area (Å²) in [6.07, 6.45) is 2.18. The molecule has 0 aliphatic rings. The molecule has 6 nitrogen and oxygen atoms in total. The lowest BCUT2D eigenvalue weighted by atomic mass is 10.3. The molecule has 0 spiro atoms. The van der Waals surface area contributed by atoms with Gasteiger partial charge in [-0.05, 0) is 47.2 Å². The third-order valence-electron chi connectivity index (χ3n) is 3.46. The van der Waals surface area contributed by atoms with Gasteiger partial charge in [0.1, 0.15) is 11.4 Å². The molecule has 130 valence electrons. The molecule has 0 saturated heterocycles. The minimum Gasteiger partial charge on any atom is -0.477 e. The van der Waals surface area contributed by atoms with Crippen LogP contribution in [-0.2, 0) is 0 Å². The molecule has 0 fully saturated rings. The van der Waals surface area contributed by atoms with Gasteiger partial charge in [0.25, 0.3) is 5.91 Å². The number of fused-ring (bicyclic) bond motifs is 1. The zero-order valence-corrected chi connectivity index (χ0v) is 15.2. The topological polar surface area (TPSA) is 90.4 Å². The predicted molar refractivity (Wildman–Crippen MR) is 100 cm³/mol. The third-order valence-corrected chi connectivity index (χ3v) is 4.13. The molecule has 0 aliphatic carbocycles. The van der Waals surface area contributed by atoms with E-state index in [9.17, 15) is 9.18 Å². The van der Waals surface area contributed by atoms with Crippen molar-refractivity contribution in [2.45, 2.75) is 6.42 Å². The van der Waals surface area contributed by atoms with Gasteiger partial charge in [-0.2, -0.15) is 0 Å². The molecule has 0 saturated carbocycles. The van der Waals surface area contributed by atoms with Gasteiger partial charge in [-0.1, -0.05) is 0 Å². The zero-order valence-electron chi connectivity index (χ0n) is 13.1. The highest BCUT2D eigenvalue weighted by Gasteiger charge is 2.13. The van der Waals surface area contributed by atoms with Crippen molar-refractivity contribution >= 4 is 45.2 Å². The van der Waals surface area contributed by atoms with Crippen LogP contribution in [0, 0.1) is 9.39 Å². The number of benzene rings is 1. The van der Waals surface area contributed by atoms with Gasteiger partial charge >= 0.3 is 0 Å². The minimum absolute atomic E-state index is 0.0590. The summed E-state index contributed by atoms with van der Waals surface area (Å²) in [7, 11) is 0. The molecule has 0 unspecified atom stereocenters. The Hall–Kier alpha value is -2.36. The fourth-order valence-electron chi connectivity index (χ4n) is 2.27. The molecule has 0 radical (unpaired) electrons. The number of nitrogens with one attached hydrogen (secondary N) is 1. The molecule has 3 aromatic rings. The molecule has 0 bridgehead atoms. The average Bonchev–Trinajstić information content (AvgIpc) is 3.01. The van der Waals surface area contributed by atoms with Gasteiger partial charge < -0.3 is 20.2 Å². The number of aromatic nitrogens is 1. The molecule has 8 heteroatoms. The number of primary amides is 1. The van der Waals surface area contributed by atoms with Gasteiger partial charge in [-0.3, -0.25) is 4.79 Å². The van der Waals surface area contributed by atoms with Crippen molar-refractivity contribution in [2.24, 2.45) is 5.73 Å². The number of hydrogen-bond donors (Lipinski definition) is 2. The number of carbonyl (C=O) groups excluding carboxylic acids is 1. The Labute approximate surface area is 156 Å². The first-order valence-electron chi connectivity index (χ1n) is 7.54. The fourth-order valence-corrected chi connectivity index (χ4v) is 2.72. The van der Waals surface area contributed by atoms with Crippen molar-refractivity contribution in [2.75, 3.05) is 18.5 Å². The number of ether oxygens (including phenoxy) is 1. The van der Waals surface area contributed by atoms with Gasteiger partial charge in [0.15, 0.2) is 5.76 Å². The number of nitrogens with two attached hydrogens (primary N) is 1. The van der Waals surface area contributed by atoms with Crippen molar-refractivity contribution < 1.29 is 18.3 Å². The minimum atomic E-state index is -0.647. The molecule has 3 N–H and O–H groups in total. The SMILES string of the molecule is NC(=O)c1cc2c(OCCCNc3ccc(I)cc3F)nccc2o1. The van der Waals surface area contributed by atoms with E-state index in [-0.39, 0.29) is 11.6 Å². The maximum atomic E-state index is 13.7. The first-order chi connectivity index (χ1) is 12.0. The van der Waals surface area contributed by atoms with Gasteiger partial charge in [0.05, 0.1) is 17.7 Å². The Bertz CT molecular complexity index is 913. The van der Waals surface area contributed by atoms with E-state index in [2.05, 4.69) is 32.9 Å². The molecular weight excluding hydrogens is 440 g/mol. The molecule has 0 atom stereocenters. The predicted octanol–water partition coefficient (Wildman–Crippen LogP) is 3.55. The number of pyridine rings is 1. The molecule has 3 rings (SSSR count). The molecule has 0 aliphatic heterocycles. The molecule has 2 heterocycles. The maximum absolute atomic E-state index is 13.7. The van der Waals surface area contributed by atoms with Crippen LogP contribution in [0.3, 0.4) is 0 Å². The lowest BCUT2D eigenvalue weighted by Crippen LogP contribution is -2.09. The van der Waals surface area contributed by atoms with Gasteiger partial charge in [0.2, 0.25) is 5.88 Å². The highest BCUT2D eigenvalue weighted by molar-refractivity contribution is 14.1. The number of anilines is 1. The summed E-state index contributed by atoms with van der Waals surface area (Å²) in [5.74, 6) is -0.500. The van der Waals surface area contributed by atoms with Gasteiger partial charge in [0, 0.05) is 28.4 Å². The monoisotopic (exact) mass is 455 g/mol. The molecule has 2 aromatic heterocycles. The number of amides is 1. The summed E-state index contributed by atoms with van der Waals surface area (Å²) >= 11 is 2.06. The Morgan fingerprint density at radius 2 is 2.20 bits per heavy atom. The van der Waals surface area contributed by atoms with E-state index in [1.54, 1.807) is 12.1 Å². The number of furan rings is 1. The van der Waals surface area contributed by atoms with Crippen LogP contribution >= 0.6 is 22.6 Å². The van der Waals surface area contributed by atoms with E-state index in [0.29, 0.717) is 42.1 Å². The second kappa shape index (κ2) is 7.68. The number of hydrogen-bond acceptors (Lipinski definition) is 5. The summed E-state index contributed by atoms with van der Waals surface area (Å²) in [5, 5.41) is 3.61. The summed E-state index contributed by atoms with van der Waals surface area (Å²) in [6, 6.07) is 8.16. The average molecular weight is 455 g/mol. The van der Waals surface area contributed by atoms with E-state index >= 15 is 0 Å². The summed E-state index contributed by atoms with van der Waals surface area (Å²) < 4.78 is 25.5. The summed E-state index contributed by atoms with van der Waals surface area (Å²) in [5.41, 5.74) is 6.15. The lowest BCUT2D eigenvalue weighted by molar-refractivity contribution is 0.0976. The zero-order chi connectivity index (χ0) is 17.8.